The van der Waals surface area contributed by atoms with E-state index in [2.05, 4.69) is 5.32 Å². The van der Waals surface area contributed by atoms with Gasteiger partial charge in [-0.25, -0.2) is 0 Å². The highest BCUT2D eigenvalue weighted by molar-refractivity contribution is 6.31. The maximum Gasteiger partial charge on any atom is 0.416 e. The zero-order valence-electron chi connectivity index (χ0n) is 19.5. The van der Waals surface area contributed by atoms with Gasteiger partial charge in [-0.2, -0.15) is 13.2 Å². The summed E-state index contributed by atoms with van der Waals surface area (Å²) in [5.41, 5.74) is -0.594. The first-order chi connectivity index (χ1) is 18.0. The van der Waals surface area contributed by atoms with Crippen molar-refractivity contribution in [1.29, 1.82) is 0 Å². The third kappa shape index (κ3) is 6.62. The van der Waals surface area contributed by atoms with Gasteiger partial charge >= 0.3 is 6.18 Å². The summed E-state index contributed by atoms with van der Waals surface area (Å²) in [7, 11) is 0. The van der Waals surface area contributed by atoms with Crippen LogP contribution in [0, 0.1) is 17.0 Å². The number of ether oxygens (including phenoxy) is 2. The number of carbonyl (C=O) groups excluding carboxylic acids is 1. The van der Waals surface area contributed by atoms with E-state index in [0.29, 0.717) is 16.5 Å². The van der Waals surface area contributed by atoms with E-state index in [9.17, 15) is 28.1 Å². The monoisotopic (exact) mass is 546 g/mol. The Bertz CT molecular complexity index is 1500. The Morgan fingerprint density at radius 1 is 1.03 bits per heavy atom. The van der Waals surface area contributed by atoms with E-state index in [0.717, 1.165) is 35.9 Å². The molecule has 4 rings (SSSR count). The number of anilines is 1. The van der Waals surface area contributed by atoms with Crippen molar-refractivity contribution >= 4 is 28.9 Å². The number of nitrogens with zero attached hydrogens (tertiary/aromatic N) is 1. The smallest absolute Gasteiger partial charge is 0.416 e. The average Bonchev–Trinajstić information content (AvgIpc) is 3.33. The van der Waals surface area contributed by atoms with Gasteiger partial charge in [0.1, 0.15) is 29.6 Å². The lowest BCUT2D eigenvalue weighted by atomic mass is 10.2. The Labute approximate surface area is 218 Å². The normalized spacial score (nSPS) is 11.2. The molecule has 38 heavy (non-hydrogen) atoms. The maximum absolute atomic E-state index is 13.0. The molecule has 3 aromatic carbocycles. The van der Waals surface area contributed by atoms with Crippen molar-refractivity contribution in [2.45, 2.75) is 19.7 Å². The number of aryl methyl sites for hydroxylation is 1. The summed E-state index contributed by atoms with van der Waals surface area (Å²) in [5, 5.41) is 14.4. The summed E-state index contributed by atoms with van der Waals surface area (Å²) in [6, 6.07) is 15.4. The number of hydrogen-bond acceptors (Lipinski definition) is 6. The van der Waals surface area contributed by atoms with E-state index in [1.165, 1.54) is 24.3 Å². The first-order valence-electron chi connectivity index (χ1n) is 10.9. The highest BCUT2D eigenvalue weighted by Gasteiger charge is 2.30. The molecule has 0 aliphatic rings. The molecule has 8 nitrogen and oxygen atoms in total. The number of amides is 1. The molecule has 4 aromatic rings. The predicted octanol–water partition coefficient (Wildman–Crippen LogP) is 7.79. The molecule has 1 N–H and O–H groups in total. The summed E-state index contributed by atoms with van der Waals surface area (Å²) in [4.78, 5) is 23.3. The molecule has 0 atom stereocenters. The van der Waals surface area contributed by atoms with Gasteiger partial charge in [0, 0.05) is 17.2 Å². The van der Waals surface area contributed by atoms with Crippen LogP contribution >= 0.6 is 11.6 Å². The van der Waals surface area contributed by atoms with Crippen molar-refractivity contribution in [3.8, 4) is 17.2 Å². The number of non-ortho nitro benzene ring substituents is 1. The second kappa shape index (κ2) is 10.9. The summed E-state index contributed by atoms with van der Waals surface area (Å²) in [6.45, 7) is 1.86. The fraction of sp³-hybridized carbons (Fsp3) is 0.115. The molecule has 0 spiro atoms. The minimum absolute atomic E-state index is 0.0279. The van der Waals surface area contributed by atoms with Gasteiger partial charge in [-0.3, -0.25) is 14.9 Å². The van der Waals surface area contributed by atoms with Gasteiger partial charge in [0.05, 0.1) is 22.2 Å². The quantitative estimate of drug-likeness (QED) is 0.179. The number of halogens is 4. The number of hydrogen-bond donors (Lipinski definition) is 1. The lowest BCUT2D eigenvalue weighted by molar-refractivity contribution is -0.384. The summed E-state index contributed by atoms with van der Waals surface area (Å²) < 4.78 is 55.6. The van der Waals surface area contributed by atoms with Gasteiger partial charge in [-0.15, -0.1) is 0 Å². The van der Waals surface area contributed by atoms with Crippen LogP contribution in [-0.4, -0.2) is 10.8 Å². The van der Waals surface area contributed by atoms with Crippen molar-refractivity contribution in [3.05, 3.63) is 111 Å². The molecule has 196 valence electrons. The second-order valence-electron chi connectivity index (χ2n) is 8.02. The average molecular weight is 547 g/mol. The van der Waals surface area contributed by atoms with Gasteiger partial charge < -0.3 is 19.2 Å². The number of carbonyl (C=O) groups is 1. The van der Waals surface area contributed by atoms with E-state index < -0.39 is 28.3 Å². The summed E-state index contributed by atoms with van der Waals surface area (Å²) >= 11 is 6.00. The van der Waals surface area contributed by atoms with E-state index in [4.69, 9.17) is 25.5 Å². The number of nitrogens with one attached hydrogen (secondary N) is 1. The predicted molar refractivity (Wildman–Crippen MR) is 132 cm³/mol. The lowest BCUT2D eigenvalue weighted by Gasteiger charge is -2.11. The molecule has 12 heteroatoms. The van der Waals surface area contributed by atoms with Crippen LogP contribution < -0.4 is 14.8 Å². The SMILES string of the molecule is Cc1cc(OCc2ccc(C(=O)Nc3cc(Oc4cccc(C(F)(F)F)c4)cc([N+](=O)[O-])c3)o2)ccc1Cl. The van der Waals surface area contributed by atoms with Gasteiger partial charge in [0.25, 0.3) is 11.6 Å². The van der Waals surface area contributed by atoms with Gasteiger partial charge in [0.15, 0.2) is 5.76 Å². The molecule has 0 bridgehead atoms. The van der Waals surface area contributed by atoms with Crippen LogP contribution in [0.25, 0.3) is 0 Å². The third-order valence-corrected chi connectivity index (χ3v) is 5.58. The first kappa shape index (κ1) is 26.6. The van der Waals surface area contributed by atoms with Crippen LogP contribution in [0.2, 0.25) is 5.02 Å². The number of alkyl halides is 3. The van der Waals surface area contributed by atoms with Gasteiger partial charge in [0.2, 0.25) is 0 Å². The highest BCUT2D eigenvalue weighted by atomic mass is 35.5. The molecule has 0 fully saturated rings. The van der Waals surface area contributed by atoms with Crippen LogP contribution in [0.3, 0.4) is 0 Å². The number of furan rings is 1. The minimum atomic E-state index is -4.60. The van der Waals surface area contributed by atoms with Gasteiger partial charge in [-0.1, -0.05) is 17.7 Å². The number of rotatable bonds is 8. The third-order valence-electron chi connectivity index (χ3n) is 5.15. The fourth-order valence-electron chi connectivity index (χ4n) is 3.32. The van der Waals surface area contributed by atoms with Crippen molar-refractivity contribution < 1.29 is 36.8 Å². The minimum Gasteiger partial charge on any atom is -0.486 e. The van der Waals surface area contributed by atoms with Gasteiger partial charge in [-0.05, 0) is 61.0 Å². The fourth-order valence-corrected chi connectivity index (χ4v) is 3.44. The van der Waals surface area contributed by atoms with E-state index in [1.807, 2.05) is 6.92 Å². The molecule has 0 unspecified atom stereocenters. The van der Waals surface area contributed by atoms with E-state index in [-0.39, 0.29) is 29.6 Å². The number of nitro groups is 1. The topological polar surface area (TPSA) is 104 Å². The molecule has 0 saturated heterocycles. The van der Waals surface area contributed by atoms with Crippen molar-refractivity contribution in [3.63, 3.8) is 0 Å². The number of benzene rings is 3. The molecular formula is C26H18ClF3N2O6. The van der Waals surface area contributed by atoms with Crippen molar-refractivity contribution in [1.82, 2.24) is 0 Å². The standard InChI is InChI=1S/C26H18ClF3N2O6/c1-15-9-19(5-7-23(15)27)36-14-21-6-8-24(38-21)25(33)31-17-11-18(32(34)35)13-22(12-17)37-20-4-2-3-16(10-20)26(28,29)30/h2-13H,14H2,1H3,(H,31,33). The van der Waals surface area contributed by atoms with E-state index >= 15 is 0 Å². The molecule has 1 amide bonds. The maximum atomic E-state index is 13.0. The van der Waals surface area contributed by atoms with Crippen molar-refractivity contribution in [2.75, 3.05) is 5.32 Å². The number of nitro benzene ring substituents is 1. The molecule has 1 aromatic heterocycles. The lowest BCUT2D eigenvalue weighted by Crippen LogP contribution is -2.11. The van der Waals surface area contributed by atoms with Crippen LogP contribution in [0.1, 0.15) is 27.4 Å². The molecule has 0 aliphatic carbocycles. The van der Waals surface area contributed by atoms with Crippen LogP contribution in [-0.2, 0) is 12.8 Å². The van der Waals surface area contributed by atoms with Crippen LogP contribution in [0.5, 0.6) is 17.2 Å². The highest BCUT2D eigenvalue weighted by Crippen LogP contribution is 2.34. The van der Waals surface area contributed by atoms with Crippen LogP contribution in [0.4, 0.5) is 24.5 Å². The Morgan fingerprint density at radius 3 is 2.53 bits per heavy atom. The molecular weight excluding hydrogens is 529 g/mol. The summed E-state index contributed by atoms with van der Waals surface area (Å²) in [5.74, 6) is -0.258. The zero-order chi connectivity index (χ0) is 27.4. The Balaban J connectivity index is 1.47. The molecule has 0 aliphatic heterocycles. The Morgan fingerprint density at radius 2 is 1.82 bits per heavy atom. The molecule has 0 saturated carbocycles. The zero-order valence-corrected chi connectivity index (χ0v) is 20.3. The second-order valence-corrected chi connectivity index (χ2v) is 8.43. The van der Waals surface area contributed by atoms with Crippen molar-refractivity contribution in [2.24, 2.45) is 0 Å². The molecule has 1 heterocycles. The van der Waals surface area contributed by atoms with Crippen LogP contribution in [0.15, 0.2) is 77.2 Å². The largest absolute Gasteiger partial charge is 0.486 e. The Hall–Kier alpha value is -4.51. The van der Waals surface area contributed by atoms with E-state index in [1.54, 1.807) is 18.2 Å². The molecule has 0 radical (unpaired) electrons. The Kier molecular flexibility index (Phi) is 7.58. The summed E-state index contributed by atoms with van der Waals surface area (Å²) in [6.07, 6.45) is -4.60. The first-order valence-corrected chi connectivity index (χ1v) is 11.3.